The minimum absolute atomic E-state index is 0.535. The van der Waals surface area contributed by atoms with Gasteiger partial charge in [0.15, 0.2) is 0 Å². The standard InChI is InChI=1S/C9H17NO/c1-10-8-3-6-11-7-9(8)4-2-5-9/h8,10H,2-7H2,1H3. The zero-order valence-electron chi connectivity index (χ0n) is 7.23. The van der Waals surface area contributed by atoms with E-state index in [4.69, 9.17) is 4.74 Å². The lowest BCUT2D eigenvalue weighted by Gasteiger charge is -2.50. The first-order valence-corrected chi connectivity index (χ1v) is 4.62. The van der Waals surface area contributed by atoms with Crippen LogP contribution in [0.3, 0.4) is 0 Å². The van der Waals surface area contributed by atoms with Crippen molar-refractivity contribution in [2.24, 2.45) is 5.41 Å². The fourth-order valence-electron chi connectivity index (χ4n) is 2.46. The summed E-state index contributed by atoms with van der Waals surface area (Å²) in [7, 11) is 2.08. The number of nitrogens with one attached hydrogen (secondary N) is 1. The average molecular weight is 155 g/mol. The summed E-state index contributed by atoms with van der Waals surface area (Å²) >= 11 is 0. The Labute approximate surface area is 68.3 Å². The molecule has 2 nitrogen and oxygen atoms in total. The van der Waals surface area contributed by atoms with Gasteiger partial charge >= 0.3 is 0 Å². The SMILES string of the molecule is CNC1CCOCC12CCC2. The molecule has 0 aromatic rings. The molecule has 1 spiro atoms. The van der Waals surface area contributed by atoms with E-state index in [1.54, 1.807) is 0 Å². The highest BCUT2D eigenvalue weighted by atomic mass is 16.5. The van der Waals surface area contributed by atoms with E-state index in [1.165, 1.54) is 25.7 Å². The van der Waals surface area contributed by atoms with Gasteiger partial charge in [0.25, 0.3) is 0 Å². The largest absolute Gasteiger partial charge is 0.381 e. The summed E-state index contributed by atoms with van der Waals surface area (Å²) in [6.07, 6.45) is 5.36. The van der Waals surface area contributed by atoms with E-state index in [2.05, 4.69) is 12.4 Å². The van der Waals surface area contributed by atoms with Crippen LogP contribution in [0.1, 0.15) is 25.7 Å². The second-order valence-electron chi connectivity index (χ2n) is 3.90. The zero-order valence-corrected chi connectivity index (χ0v) is 7.23. The van der Waals surface area contributed by atoms with Crippen molar-refractivity contribution in [1.29, 1.82) is 0 Å². The van der Waals surface area contributed by atoms with Crippen LogP contribution < -0.4 is 5.32 Å². The predicted octanol–water partition coefficient (Wildman–Crippen LogP) is 1.16. The Kier molecular flexibility index (Phi) is 1.90. The number of hydrogen-bond donors (Lipinski definition) is 1. The molecule has 2 aliphatic rings. The fraction of sp³-hybridized carbons (Fsp3) is 1.00. The smallest absolute Gasteiger partial charge is 0.0537 e. The molecule has 1 aliphatic carbocycles. The first-order chi connectivity index (χ1) is 5.37. The van der Waals surface area contributed by atoms with Crippen molar-refractivity contribution < 1.29 is 4.74 Å². The van der Waals surface area contributed by atoms with Gasteiger partial charge in [-0.05, 0) is 26.3 Å². The van der Waals surface area contributed by atoms with Crippen LogP contribution in [0.5, 0.6) is 0 Å². The minimum Gasteiger partial charge on any atom is -0.381 e. The van der Waals surface area contributed by atoms with Crippen molar-refractivity contribution in [3.8, 4) is 0 Å². The Balaban J connectivity index is 2.02. The van der Waals surface area contributed by atoms with Crippen LogP contribution in [-0.4, -0.2) is 26.3 Å². The van der Waals surface area contributed by atoms with E-state index >= 15 is 0 Å². The van der Waals surface area contributed by atoms with Gasteiger partial charge in [-0.2, -0.15) is 0 Å². The Morgan fingerprint density at radius 1 is 1.45 bits per heavy atom. The summed E-state index contributed by atoms with van der Waals surface area (Å²) in [5.41, 5.74) is 0.535. The Morgan fingerprint density at radius 2 is 2.27 bits per heavy atom. The molecule has 1 aliphatic heterocycles. The van der Waals surface area contributed by atoms with Crippen molar-refractivity contribution in [3.05, 3.63) is 0 Å². The van der Waals surface area contributed by atoms with Gasteiger partial charge in [-0.15, -0.1) is 0 Å². The van der Waals surface area contributed by atoms with Gasteiger partial charge in [0, 0.05) is 18.1 Å². The summed E-state index contributed by atoms with van der Waals surface area (Å²) in [6.45, 7) is 1.95. The van der Waals surface area contributed by atoms with Crippen LogP contribution in [-0.2, 0) is 4.74 Å². The van der Waals surface area contributed by atoms with Gasteiger partial charge in [-0.3, -0.25) is 0 Å². The molecule has 11 heavy (non-hydrogen) atoms. The van der Waals surface area contributed by atoms with Gasteiger partial charge in [0.2, 0.25) is 0 Å². The van der Waals surface area contributed by atoms with Crippen molar-refractivity contribution in [2.45, 2.75) is 31.7 Å². The van der Waals surface area contributed by atoms with E-state index in [9.17, 15) is 0 Å². The lowest BCUT2D eigenvalue weighted by atomic mass is 9.63. The molecule has 1 atom stereocenters. The van der Waals surface area contributed by atoms with Crippen molar-refractivity contribution in [2.75, 3.05) is 20.3 Å². The highest BCUT2D eigenvalue weighted by Gasteiger charge is 2.45. The maximum atomic E-state index is 5.52. The molecular formula is C9H17NO. The van der Waals surface area contributed by atoms with Gasteiger partial charge in [0.1, 0.15) is 0 Å². The maximum Gasteiger partial charge on any atom is 0.0537 e. The van der Waals surface area contributed by atoms with Crippen molar-refractivity contribution >= 4 is 0 Å². The van der Waals surface area contributed by atoms with E-state index in [-0.39, 0.29) is 0 Å². The molecule has 0 amide bonds. The molecule has 0 aromatic heterocycles. The Morgan fingerprint density at radius 3 is 2.73 bits per heavy atom. The van der Waals surface area contributed by atoms with Crippen LogP contribution in [0, 0.1) is 5.41 Å². The molecule has 0 bridgehead atoms. The number of ether oxygens (including phenoxy) is 1. The maximum absolute atomic E-state index is 5.52. The Hall–Kier alpha value is -0.0800. The van der Waals surface area contributed by atoms with Gasteiger partial charge < -0.3 is 10.1 Å². The third-order valence-corrected chi connectivity index (χ3v) is 3.38. The molecule has 64 valence electrons. The first kappa shape index (κ1) is 7.56. The molecule has 2 fully saturated rings. The van der Waals surface area contributed by atoms with Crippen LogP contribution in [0.15, 0.2) is 0 Å². The third-order valence-electron chi connectivity index (χ3n) is 3.38. The average Bonchev–Trinajstić information content (AvgIpc) is 2.01. The minimum atomic E-state index is 0.535. The van der Waals surface area contributed by atoms with Crippen molar-refractivity contribution in [3.63, 3.8) is 0 Å². The highest BCUT2D eigenvalue weighted by molar-refractivity contribution is 4.98. The first-order valence-electron chi connectivity index (χ1n) is 4.62. The molecular weight excluding hydrogens is 138 g/mol. The zero-order chi connectivity index (χ0) is 7.73. The lowest BCUT2D eigenvalue weighted by molar-refractivity contribution is -0.0757. The van der Waals surface area contributed by atoms with Crippen molar-refractivity contribution in [1.82, 2.24) is 5.32 Å². The second-order valence-corrected chi connectivity index (χ2v) is 3.90. The van der Waals surface area contributed by atoms with Crippen LogP contribution >= 0.6 is 0 Å². The molecule has 0 aromatic carbocycles. The third kappa shape index (κ3) is 1.09. The highest BCUT2D eigenvalue weighted by Crippen LogP contribution is 2.46. The van der Waals surface area contributed by atoms with Crippen LogP contribution in [0.2, 0.25) is 0 Å². The Bertz CT molecular complexity index is 142. The van der Waals surface area contributed by atoms with Crippen LogP contribution in [0.25, 0.3) is 0 Å². The normalized spacial score (nSPS) is 35.2. The monoisotopic (exact) mass is 155 g/mol. The molecule has 2 rings (SSSR count). The van der Waals surface area contributed by atoms with Gasteiger partial charge in [0.05, 0.1) is 6.61 Å². The van der Waals surface area contributed by atoms with E-state index < -0.39 is 0 Å². The molecule has 1 unspecified atom stereocenters. The summed E-state index contributed by atoms with van der Waals surface area (Å²) in [4.78, 5) is 0. The molecule has 1 N–H and O–H groups in total. The lowest BCUT2D eigenvalue weighted by Crippen LogP contribution is -2.54. The predicted molar refractivity (Wildman–Crippen MR) is 44.6 cm³/mol. The van der Waals surface area contributed by atoms with Gasteiger partial charge in [-0.1, -0.05) is 6.42 Å². The quantitative estimate of drug-likeness (QED) is 0.613. The second kappa shape index (κ2) is 2.76. The molecule has 2 heteroatoms. The molecule has 1 heterocycles. The summed E-state index contributed by atoms with van der Waals surface area (Å²) in [5.74, 6) is 0. The number of hydrogen-bond acceptors (Lipinski definition) is 2. The number of rotatable bonds is 1. The summed E-state index contributed by atoms with van der Waals surface area (Å²) < 4.78 is 5.52. The van der Waals surface area contributed by atoms with Crippen LogP contribution in [0.4, 0.5) is 0 Å². The van der Waals surface area contributed by atoms with E-state index in [1.807, 2.05) is 0 Å². The fourth-order valence-corrected chi connectivity index (χ4v) is 2.46. The molecule has 1 saturated carbocycles. The van der Waals surface area contributed by atoms with Gasteiger partial charge in [-0.25, -0.2) is 0 Å². The summed E-state index contributed by atoms with van der Waals surface area (Å²) in [5, 5.41) is 3.42. The molecule has 1 saturated heterocycles. The van der Waals surface area contributed by atoms with E-state index in [0.717, 1.165) is 19.3 Å². The summed E-state index contributed by atoms with van der Waals surface area (Å²) in [6, 6.07) is 0.727. The molecule has 0 radical (unpaired) electrons. The topological polar surface area (TPSA) is 21.3 Å². The van der Waals surface area contributed by atoms with E-state index in [0.29, 0.717) is 5.41 Å².